The van der Waals surface area contributed by atoms with Crippen molar-refractivity contribution in [2.75, 3.05) is 18.6 Å². The van der Waals surface area contributed by atoms with Crippen LogP contribution in [0.1, 0.15) is 6.92 Å². The Kier molecular flexibility index (Phi) is 3.79. The molecule has 4 heteroatoms. The monoisotopic (exact) mass is 193 g/mol. The molecular formula is C10H15N3O. The van der Waals surface area contributed by atoms with E-state index < -0.39 is 0 Å². The minimum atomic E-state index is -0.196. The van der Waals surface area contributed by atoms with Crippen LogP contribution in [0.5, 0.6) is 0 Å². The van der Waals surface area contributed by atoms with Gasteiger partial charge < -0.3 is 5.32 Å². The van der Waals surface area contributed by atoms with Crippen molar-refractivity contribution in [3.05, 3.63) is 30.3 Å². The first-order valence-corrected chi connectivity index (χ1v) is 4.57. The van der Waals surface area contributed by atoms with E-state index in [-0.39, 0.29) is 6.03 Å². The maximum atomic E-state index is 11.2. The van der Waals surface area contributed by atoms with Gasteiger partial charge in [-0.05, 0) is 19.1 Å². The normalized spacial score (nSPS) is 9.29. The number of rotatable bonds is 3. The van der Waals surface area contributed by atoms with Crippen LogP contribution in [-0.4, -0.2) is 19.6 Å². The molecule has 0 aliphatic heterocycles. The second-order valence-electron chi connectivity index (χ2n) is 2.87. The average molecular weight is 193 g/mol. The number of para-hydroxylation sites is 1. The number of hydrazine groups is 1. The summed E-state index contributed by atoms with van der Waals surface area (Å²) in [6.07, 6.45) is 0. The molecule has 0 spiro atoms. The highest BCUT2D eigenvalue weighted by molar-refractivity contribution is 5.75. The Morgan fingerprint density at radius 2 is 2.00 bits per heavy atom. The summed E-state index contributed by atoms with van der Waals surface area (Å²) in [4.78, 5) is 11.2. The molecule has 0 bridgehead atoms. The first-order chi connectivity index (χ1) is 6.74. The van der Waals surface area contributed by atoms with Crippen LogP contribution in [0.15, 0.2) is 30.3 Å². The molecule has 1 aromatic rings. The van der Waals surface area contributed by atoms with Gasteiger partial charge in [-0.1, -0.05) is 18.2 Å². The first-order valence-electron chi connectivity index (χ1n) is 4.57. The smallest absolute Gasteiger partial charge is 0.333 e. The lowest BCUT2D eigenvalue weighted by atomic mass is 10.3. The molecule has 4 nitrogen and oxygen atoms in total. The van der Waals surface area contributed by atoms with Gasteiger partial charge in [0.15, 0.2) is 0 Å². The predicted octanol–water partition coefficient (Wildman–Crippen LogP) is 1.36. The number of hydrogen-bond donors (Lipinski definition) is 2. The van der Waals surface area contributed by atoms with Crippen molar-refractivity contribution in [3.63, 3.8) is 0 Å². The van der Waals surface area contributed by atoms with E-state index in [0.717, 1.165) is 5.69 Å². The van der Waals surface area contributed by atoms with Crippen LogP contribution in [0, 0.1) is 0 Å². The van der Waals surface area contributed by atoms with Gasteiger partial charge in [0.25, 0.3) is 0 Å². The number of carbonyl (C=O) groups is 1. The largest absolute Gasteiger partial charge is 0.337 e. The van der Waals surface area contributed by atoms with Crippen LogP contribution in [0.3, 0.4) is 0 Å². The van der Waals surface area contributed by atoms with E-state index >= 15 is 0 Å². The topological polar surface area (TPSA) is 44.4 Å². The fourth-order valence-corrected chi connectivity index (χ4v) is 1.07. The Balaban J connectivity index is 2.50. The van der Waals surface area contributed by atoms with Crippen molar-refractivity contribution in [2.24, 2.45) is 0 Å². The zero-order valence-electron chi connectivity index (χ0n) is 8.45. The number of nitrogens with one attached hydrogen (secondary N) is 2. The molecule has 76 valence electrons. The zero-order chi connectivity index (χ0) is 10.4. The summed E-state index contributed by atoms with van der Waals surface area (Å²) in [7, 11) is 1.80. The number of nitrogens with zero attached hydrogens (tertiary/aromatic N) is 1. The van der Waals surface area contributed by atoms with E-state index in [1.807, 2.05) is 37.3 Å². The minimum Gasteiger partial charge on any atom is -0.337 e. The number of amides is 2. The SMILES string of the molecule is CCNC(=O)NN(C)c1ccccc1. The highest BCUT2D eigenvalue weighted by Gasteiger charge is 2.02. The Morgan fingerprint density at radius 1 is 1.36 bits per heavy atom. The first kappa shape index (κ1) is 10.4. The van der Waals surface area contributed by atoms with E-state index in [1.54, 1.807) is 12.1 Å². The molecule has 14 heavy (non-hydrogen) atoms. The molecule has 0 aliphatic rings. The maximum Gasteiger partial charge on any atom is 0.333 e. The Labute approximate surface area is 83.9 Å². The van der Waals surface area contributed by atoms with Gasteiger partial charge in [-0.25, -0.2) is 10.2 Å². The molecule has 1 aromatic carbocycles. The summed E-state index contributed by atoms with van der Waals surface area (Å²) in [5, 5.41) is 4.33. The third-order valence-corrected chi connectivity index (χ3v) is 1.75. The van der Waals surface area contributed by atoms with Crippen LogP contribution in [-0.2, 0) is 0 Å². The summed E-state index contributed by atoms with van der Waals surface area (Å²) < 4.78 is 0. The molecule has 0 aromatic heterocycles. The van der Waals surface area contributed by atoms with E-state index in [4.69, 9.17) is 0 Å². The van der Waals surface area contributed by atoms with E-state index in [0.29, 0.717) is 6.54 Å². The fraction of sp³-hybridized carbons (Fsp3) is 0.300. The Hall–Kier alpha value is -1.71. The molecule has 0 saturated carbocycles. The van der Waals surface area contributed by atoms with Gasteiger partial charge in [0.1, 0.15) is 0 Å². The van der Waals surface area contributed by atoms with Crippen molar-refractivity contribution in [3.8, 4) is 0 Å². The molecule has 0 unspecified atom stereocenters. The van der Waals surface area contributed by atoms with Crippen LogP contribution < -0.4 is 15.8 Å². The van der Waals surface area contributed by atoms with Gasteiger partial charge in [-0.3, -0.25) is 5.01 Å². The summed E-state index contributed by atoms with van der Waals surface area (Å²) in [6.45, 7) is 2.50. The van der Waals surface area contributed by atoms with E-state index in [1.165, 1.54) is 0 Å². The average Bonchev–Trinajstić information content (AvgIpc) is 2.19. The molecule has 2 N–H and O–H groups in total. The molecule has 0 heterocycles. The fourth-order valence-electron chi connectivity index (χ4n) is 1.07. The molecule has 1 rings (SSSR count). The van der Waals surface area contributed by atoms with Gasteiger partial charge in [0.2, 0.25) is 0 Å². The minimum absolute atomic E-state index is 0.196. The molecule has 2 amide bonds. The van der Waals surface area contributed by atoms with Gasteiger partial charge in [-0.2, -0.15) is 0 Å². The third kappa shape index (κ3) is 2.97. The summed E-state index contributed by atoms with van der Waals surface area (Å²) >= 11 is 0. The van der Waals surface area contributed by atoms with Gasteiger partial charge in [-0.15, -0.1) is 0 Å². The molecule has 0 radical (unpaired) electrons. The zero-order valence-corrected chi connectivity index (χ0v) is 8.45. The number of benzene rings is 1. The van der Waals surface area contributed by atoms with Crippen LogP contribution in [0.4, 0.5) is 10.5 Å². The van der Waals surface area contributed by atoms with Gasteiger partial charge >= 0.3 is 6.03 Å². The Morgan fingerprint density at radius 3 is 2.57 bits per heavy atom. The summed E-state index contributed by atoms with van der Waals surface area (Å²) in [5.74, 6) is 0. The Bertz CT molecular complexity index is 287. The molecule has 0 fully saturated rings. The quantitative estimate of drug-likeness (QED) is 0.712. The predicted molar refractivity (Wildman–Crippen MR) is 57.1 cm³/mol. The number of hydrogen-bond acceptors (Lipinski definition) is 2. The van der Waals surface area contributed by atoms with Crippen molar-refractivity contribution in [1.29, 1.82) is 0 Å². The molecular weight excluding hydrogens is 178 g/mol. The number of anilines is 1. The molecule has 0 aliphatic carbocycles. The van der Waals surface area contributed by atoms with Gasteiger partial charge in [0.05, 0.1) is 5.69 Å². The van der Waals surface area contributed by atoms with Crippen LogP contribution in [0.25, 0.3) is 0 Å². The molecule has 0 atom stereocenters. The third-order valence-electron chi connectivity index (χ3n) is 1.75. The van der Waals surface area contributed by atoms with Crippen molar-refractivity contribution in [1.82, 2.24) is 10.7 Å². The lowest BCUT2D eigenvalue weighted by Gasteiger charge is -2.19. The lowest BCUT2D eigenvalue weighted by molar-refractivity contribution is 0.241. The van der Waals surface area contributed by atoms with E-state index in [9.17, 15) is 4.79 Å². The highest BCUT2D eigenvalue weighted by atomic mass is 16.2. The van der Waals surface area contributed by atoms with Crippen LogP contribution in [0.2, 0.25) is 0 Å². The lowest BCUT2D eigenvalue weighted by Crippen LogP contribution is -2.45. The second-order valence-corrected chi connectivity index (χ2v) is 2.87. The number of urea groups is 1. The molecule has 0 saturated heterocycles. The van der Waals surface area contributed by atoms with Crippen molar-refractivity contribution < 1.29 is 4.79 Å². The van der Waals surface area contributed by atoms with Gasteiger partial charge in [0, 0.05) is 13.6 Å². The van der Waals surface area contributed by atoms with Crippen LogP contribution >= 0.6 is 0 Å². The summed E-state index contributed by atoms with van der Waals surface area (Å²) in [6, 6.07) is 9.43. The highest BCUT2D eigenvalue weighted by Crippen LogP contribution is 2.07. The number of carbonyl (C=O) groups excluding carboxylic acids is 1. The summed E-state index contributed by atoms with van der Waals surface area (Å²) in [5.41, 5.74) is 3.62. The standard InChI is InChI=1S/C10H15N3O/c1-3-11-10(14)12-13(2)9-7-5-4-6-8-9/h4-8H,3H2,1-2H3,(H2,11,12,14). The van der Waals surface area contributed by atoms with Crippen molar-refractivity contribution >= 4 is 11.7 Å². The maximum absolute atomic E-state index is 11.2. The second kappa shape index (κ2) is 5.11. The van der Waals surface area contributed by atoms with E-state index in [2.05, 4.69) is 10.7 Å². The van der Waals surface area contributed by atoms with Crippen molar-refractivity contribution in [2.45, 2.75) is 6.92 Å².